The van der Waals surface area contributed by atoms with Crippen LogP contribution in [0.2, 0.25) is 0 Å². The Morgan fingerprint density at radius 2 is 1.89 bits per heavy atom. The third kappa shape index (κ3) is 4.11. The molecule has 27 heavy (non-hydrogen) atoms. The molecule has 0 aliphatic carbocycles. The summed E-state index contributed by atoms with van der Waals surface area (Å²) in [6.07, 6.45) is -4.56. The van der Waals surface area contributed by atoms with Gasteiger partial charge in [0.05, 0.1) is 12.0 Å². The van der Waals surface area contributed by atoms with Gasteiger partial charge in [-0.3, -0.25) is 0 Å². The highest BCUT2D eigenvalue weighted by Crippen LogP contribution is 2.34. The number of benzene rings is 2. The molecule has 3 rings (SSSR count). The van der Waals surface area contributed by atoms with E-state index in [2.05, 4.69) is 4.74 Å². The number of sulfonamides is 1. The van der Waals surface area contributed by atoms with Crippen molar-refractivity contribution in [1.29, 1.82) is 0 Å². The number of ether oxygens (including phenoxy) is 2. The number of halogens is 3. The summed E-state index contributed by atoms with van der Waals surface area (Å²) < 4.78 is 72.8. The molecule has 2 aromatic carbocycles. The van der Waals surface area contributed by atoms with Crippen molar-refractivity contribution in [2.45, 2.75) is 24.2 Å². The van der Waals surface area contributed by atoms with E-state index in [1.807, 2.05) is 0 Å². The van der Waals surface area contributed by atoms with Crippen LogP contribution in [0.5, 0.6) is 17.2 Å². The maximum absolute atomic E-state index is 12.8. The van der Waals surface area contributed by atoms with Crippen LogP contribution in [0.3, 0.4) is 0 Å². The summed E-state index contributed by atoms with van der Waals surface area (Å²) in [7, 11) is -2.65. The van der Waals surface area contributed by atoms with Gasteiger partial charge in [0.25, 0.3) is 0 Å². The highest BCUT2D eigenvalue weighted by Gasteiger charge is 2.33. The lowest BCUT2D eigenvalue weighted by Gasteiger charge is -2.28. The van der Waals surface area contributed by atoms with Gasteiger partial charge in [0, 0.05) is 19.2 Å². The van der Waals surface area contributed by atoms with E-state index in [0.717, 1.165) is 17.7 Å². The molecule has 1 aliphatic rings. The van der Waals surface area contributed by atoms with Gasteiger partial charge in [-0.25, -0.2) is 8.42 Å². The molecule has 1 heterocycles. The van der Waals surface area contributed by atoms with E-state index in [0.29, 0.717) is 12.0 Å². The molecule has 0 aromatic heterocycles. The second-order valence-electron chi connectivity index (χ2n) is 5.90. The van der Waals surface area contributed by atoms with Crippen molar-refractivity contribution < 1.29 is 36.2 Å². The van der Waals surface area contributed by atoms with Crippen LogP contribution in [-0.2, 0) is 23.0 Å². The van der Waals surface area contributed by atoms with Crippen LogP contribution in [0.15, 0.2) is 41.3 Å². The van der Waals surface area contributed by atoms with Crippen LogP contribution in [0.4, 0.5) is 13.2 Å². The van der Waals surface area contributed by atoms with Crippen molar-refractivity contribution in [2.75, 3.05) is 13.7 Å². The molecule has 6 nitrogen and oxygen atoms in total. The summed E-state index contributed by atoms with van der Waals surface area (Å²) in [5, 5.41) is 9.83. The van der Waals surface area contributed by atoms with Crippen LogP contribution in [0.1, 0.15) is 11.1 Å². The molecule has 1 N–H and O–H groups in total. The first kappa shape index (κ1) is 19.3. The first-order valence-electron chi connectivity index (χ1n) is 7.85. The Bertz CT molecular complexity index is 960. The number of alkyl halides is 3. The van der Waals surface area contributed by atoms with Crippen molar-refractivity contribution in [3.63, 3.8) is 0 Å². The Labute approximate surface area is 153 Å². The lowest BCUT2D eigenvalue weighted by atomic mass is 10.0. The van der Waals surface area contributed by atoms with E-state index in [1.54, 1.807) is 6.07 Å². The zero-order valence-corrected chi connectivity index (χ0v) is 15.0. The van der Waals surface area contributed by atoms with Gasteiger partial charge in [-0.2, -0.15) is 4.31 Å². The number of rotatable bonds is 4. The minimum absolute atomic E-state index is 0.0126. The number of aromatic hydroxyl groups is 1. The predicted octanol–water partition coefficient (Wildman–Crippen LogP) is 3.05. The zero-order chi connectivity index (χ0) is 19.8. The van der Waals surface area contributed by atoms with Gasteiger partial charge in [0.1, 0.15) is 5.75 Å². The SMILES string of the molecule is COc1cc2c(cc1O)CCN(S(=O)(=O)c1cccc(OC(F)(F)F)c1)C2. The van der Waals surface area contributed by atoms with E-state index >= 15 is 0 Å². The average molecular weight is 403 g/mol. The maximum atomic E-state index is 12.8. The van der Waals surface area contributed by atoms with Crippen molar-refractivity contribution in [3.05, 3.63) is 47.5 Å². The molecule has 0 saturated carbocycles. The van der Waals surface area contributed by atoms with Crippen LogP contribution in [-0.4, -0.2) is 37.8 Å². The number of phenols is 1. The van der Waals surface area contributed by atoms with Gasteiger partial charge in [0.15, 0.2) is 11.5 Å². The highest BCUT2D eigenvalue weighted by atomic mass is 32.2. The first-order chi connectivity index (χ1) is 12.6. The zero-order valence-electron chi connectivity index (χ0n) is 14.2. The third-order valence-corrected chi connectivity index (χ3v) is 6.00. The highest BCUT2D eigenvalue weighted by molar-refractivity contribution is 7.89. The minimum Gasteiger partial charge on any atom is -0.504 e. The Kier molecular flexibility index (Phi) is 4.96. The topological polar surface area (TPSA) is 76.1 Å². The van der Waals surface area contributed by atoms with Gasteiger partial charge in [-0.1, -0.05) is 6.07 Å². The fourth-order valence-electron chi connectivity index (χ4n) is 2.90. The fourth-order valence-corrected chi connectivity index (χ4v) is 4.35. The average Bonchev–Trinajstić information content (AvgIpc) is 2.59. The lowest BCUT2D eigenvalue weighted by Crippen LogP contribution is -2.36. The molecule has 10 heteroatoms. The smallest absolute Gasteiger partial charge is 0.504 e. The first-order valence-corrected chi connectivity index (χ1v) is 9.29. The Hall–Kier alpha value is -2.46. The monoisotopic (exact) mass is 403 g/mol. The summed E-state index contributed by atoms with van der Waals surface area (Å²) >= 11 is 0. The number of fused-ring (bicyclic) bond motifs is 1. The van der Waals surface area contributed by atoms with E-state index in [1.165, 1.54) is 29.6 Å². The molecule has 0 atom stereocenters. The van der Waals surface area contributed by atoms with Crippen LogP contribution >= 0.6 is 0 Å². The van der Waals surface area contributed by atoms with E-state index < -0.39 is 22.1 Å². The molecule has 0 fully saturated rings. The summed E-state index contributed by atoms with van der Waals surface area (Å²) in [5.41, 5.74) is 1.44. The van der Waals surface area contributed by atoms with Gasteiger partial charge in [-0.15, -0.1) is 13.2 Å². The maximum Gasteiger partial charge on any atom is 0.573 e. The van der Waals surface area contributed by atoms with Gasteiger partial charge in [-0.05, 0) is 41.8 Å². The van der Waals surface area contributed by atoms with Crippen LogP contribution < -0.4 is 9.47 Å². The molecule has 0 unspecified atom stereocenters. The Balaban J connectivity index is 1.89. The van der Waals surface area contributed by atoms with E-state index in [-0.39, 0.29) is 29.5 Å². The number of phenolic OH excluding ortho intramolecular Hbond substituents is 1. The largest absolute Gasteiger partial charge is 0.573 e. The minimum atomic E-state index is -4.91. The van der Waals surface area contributed by atoms with E-state index in [4.69, 9.17) is 4.74 Å². The summed E-state index contributed by atoms with van der Waals surface area (Å²) in [4.78, 5) is -0.293. The van der Waals surface area contributed by atoms with E-state index in [9.17, 15) is 26.7 Å². The number of hydrogen-bond acceptors (Lipinski definition) is 5. The summed E-state index contributed by atoms with van der Waals surface area (Å²) in [5.74, 6) is -0.425. The standard InChI is InChI=1S/C17H16F3NO5S/c1-25-16-8-12-10-21(6-5-11(12)7-15(16)22)27(23,24)14-4-2-3-13(9-14)26-17(18,19)20/h2-4,7-9,22H,5-6,10H2,1H3. The summed E-state index contributed by atoms with van der Waals surface area (Å²) in [6.45, 7) is 0.143. The van der Waals surface area contributed by atoms with Crippen LogP contribution in [0, 0.1) is 0 Å². The van der Waals surface area contributed by atoms with Crippen LogP contribution in [0.25, 0.3) is 0 Å². The molecule has 0 radical (unpaired) electrons. The van der Waals surface area contributed by atoms with Gasteiger partial charge in [0.2, 0.25) is 10.0 Å². The van der Waals surface area contributed by atoms with Crippen molar-refractivity contribution in [3.8, 4) is 17.2 Å². The molecular weight excluding hydrogens is 387 g/mol. The normalized spacial score (nSPS) is 15.3. The van der Waals surface area contributed by atoms with Crippen molar-refractivity contribution in [2.24, 2.45) is 0 Å². The number of methoxy groups -OCH3 is 1. The Morgan fingerprint density at radius 3 is 2.56 bits per heavy atom. The molecule has 1 aliphatic heterocycles. The van der Waals surface area contributed by atoms with Gasteiger partial charge >= 0.3 is 6.36 Å². The van der Waals surface area contributed by atoms with Crippen molar-refractivity contribution >= 4 is 10.0 Å². The molecular formula is C17H16F3NO5S. The quantitative estimate of drug-likeness (QED) is 0.849. The second kappa shape index (κ2) is 6.93. The molecule has 0 spiro atoms. The number of hydrogen-bond donors (Lipinski definition) is 1. The summed E-state index contributed by atoms with van der Waals surface area (Å²) in [6, 6.07) is 7.35. The molecule has 0 saturated heterocycles. The lowest BCUT2D eigenvalue weighted by molar-refractivity contribution is -0.274. The molecule has 2 aromatic rings. The molecule has 0 bridgehead atoms. The molecule has 0 amide bonds. The number of nitrogens with zero attached hydrogens (tertiary/aromatic N) is 1. The predicted molar refractivity (Wildman–Crippen MR) is 89.1 cm³/mol. The van der Waals surface area contributed by atoms with Crippen molar-refractivity contribution in [1.82, 2.24) is 4.31 Å². The Morgan fingerprint density at radius 1 is 1.15 bits per heavy atom. The van der Waals surface area contributed by atoms with Gasteiger partial charge < -0.3 is 14.6 Å². The third-order valence-electron chi connectivity index (χ3n) is 4.16. The molecule has 146 valence electrons. The second-order valence-corrected chi connectivity index (χ2v) is 7.84. The fraction of sp³-hybridized carbons (Fsp3) is 0.294.